The largest absolute Gasteiger partial charge is 0.481 e. The Hall–Kier alpha value is -0.530. The molecule has 0 amide bonds. The predicted octanol–water partition coefficient (Wildman–Crippen LogP) is 3.70. The van der Waals surface area contributed by atoms with Gasteiger partial charge in [0.15, 0.2) is 0 Å². The highest BCUT2D eigenvalue weighted by Gasteiger charge is 2.54. The first kappa shape index (κ1) is 11.9. The normalized spacial score (nSPS) is 42.4. The number of hydrogen-bond acceptors (Lipinski definition) is 1. The van der Waals surface area contributed by atoms with Gasteiger partial charge in [0, 0.05) is 0 Å². The van der Waals surface area contributed by atoms with E-state index >= 15 is 0 Å². The van der Waals surface area contributed by atoms with E-state index in [1.807, 2.05) is 6.92 Å². The van der Waals surface area contributed by atoms with E-state index in [0.29, 0.717) is 17.3 Å². The molecule has 0 aliphatic heterocycles. The Morgan fingerprint density at radius 1 is 1.06 bits per heavy atom. The van der Waals surface area contributed by atoms with E-state index in [1.165, 1.54) is 19.3 Å². The van der Waals surface area contributed by atoms with Gasteiger partial charge in [-0.05, 0) is 49.9 Å². The fourth-order valence-corrected chi connectivity index (χ4v) is 4.14. The van der Waals surface area contributed by atoms with E-state index in [-0.39, 0.29) is 0 Å². The zero-order valence-corrected chi connectivity index (χ0v) is 10.8. The van der Waals surface area contributed by atoms with Crippen molar-refractivity contribution in [3.8, 4) is 0 Å². The molecule has 2 aliphatic carbocycles. The summed E-state index contributed by atoms with van der Waals surface area (Å²) in [6.45, 7) is 6.65. The average molecular weight is 224 g/mol. The lowest BCUT2D eigenvalue weighted by molar-refractivity contribution is -0.151. The van der Waals surface area contributed by atoms with Gasteiger partial charge in [-0.1, -0.05) is 26.7 Å². The Kier molecular flexibility index (Phi) is 2.80. The minimum atomic E-state index is -0.572. The van der Waals surface area contributed by atoms with Crippen molar-refractivity contribution in [3.05, 3.63) is 0 Å². The number of rotatable bonds is 1. The monoisotopic (exact) mass is 224 g/mol. The summed E-state index contributed by atoms with van der Waals surface area (Å²) in [4.78, 5) is 11.5. The number of carboxylic acids is 1. The summed E-state index contributed by atoms with van der Waals surface area (Å²) in [5, 5.41) is 9.47. The highest BCUT2D eigenvalue weighted by molar-refractivity contribution is 5.75. The number of hydrogen-bond donors (Lipinski definition) is 1. The molecule has 3 atom stereocenters. The van der Waals surface area contributed by atoms with E-state index in [2.05, 4.69) is 13.8 Å². The van der Waals surface area contributed by atoms with Gasteiger partial charge >= 0.3 is 5.97 Å². The minimum Gasteiger partial charge on any atom is -0.481 e. The standard InChI is InChI=1S/C14H24O2/c1-13(2)8-5-4-6-11-10(13)7-9-14(11,3)12(15)16/h10-11H,4-9H2,1-3H3,(H,15,16)/t10-,11-,14+/m1/s1. The second-order valence-corrected chi connectivity index (χ2v) is 6.71. The number of carboxylic acid groups (broad SMARTS) is 1. The number of fused-ring (bicyclic) bond motifs is 1. The van der Waals surface area contributed by atoms with Crippen LogP contribution in [-0.2, 0) is 4.79 Å². The molecule has 2 heteroatoms. The van der Waals surface area contributed by atoms with Crippen LogP contribution in [0.2, 0.25) is 0 Å². The van der Waals surface area contributed by atoms with Gasteiger partial charge < -0.3 is 5.11 Å². The van der Waals surface area contributed by atoms with E-state index < -0.39 is 11.4 Å². The van der Waals surface area contributed by atoms with Crippen molar-refractivity contribution in [2.24, 2.45) is 22.7 Å². The van der Waals surface area contributed by atoms with Gasteiger partial charge in [-0.3, -0.25) is 4.79 Å². The maximum absolute atomic E-state index is 11.5. The van der Waals surface area contributed by atoms with Gasteiger partial charge in [-0.15, -0.1) is 0 Å². The van der Waals surface area contributed by atoms with Crippen molar-refractivity contribution in [2.75, 3.05) is 0 Å². The van der Waals surface area contributed by atoms with Crippen molar-refractivity contribution in [1.29, 1.82) is 0 Å². The molecule has 0 spiro atoms. The van der Waals surface area contributed by atoms with E-state index in [4.69, 9.17) is 0 Å². The molecule has 2 saturated carbocycles. The van der Waals surface area contributed by atoms with Crippen LogP contribution in [0, 0.1) is 22.7 Å². The summed E-state index contributed by atoms with van der Waals surface area (Å²) in [6, 6.07) is 0. The molecule has 0 saturated heterocycles. The Balaban J connectivity index is 2.30. The molecule has 2 aliphatic rings. The molecule has 0 aromatic carbocycles. The summed E-state index contributed by atoms with van der Waals surface area (Å²) >= 11 is 0. The van der Waals surface area contributed by atoms with Crippen LogP contribution in [0.4, 0.5) is 0 Å². The van der Waals surface area contributed by atoms with E-state index in [1.54, 1.807) is 0 Å². The van der Waals surface area contributed by atoms with Crippen molar-refractivity contribution in [1.82, 2.24) is 0 Å². The summed E-state index contributed by atoms with van der Waals surface area (Å²) in [6.07, 6.45) is 6.87. The topological polar surface area (TPSA) is 37.3 Å². The van der Waals surface area contributed by atoms with Gasteiger partial charge in [-0.25, -0.2) is 0 Å². The molecule has 1 N–H and O–H groups in total. The molecule has 2 rings (SSSR count). The predicted molar refractivity (Wildman–Crippen MR) is 64.2 cm³/mol. The number of aliphatic carboxylic acids is 1. The van der Waals surface area contributed by atoms with Crippen molar-refractivity contribution >= 4 is 5.97 Å². The molecule has 0 unspecified atom stereocenters. The molecule has 16 heavy (non-hydrogen) atoms. The molecular weight excluding hydrogens is 200 g/mol. The lowest BCUT2D eigenvalue weighted by atomic mass is 9.67. The van der Waals surface area contributed by atoms with Crippen LogP contribution in [0.15, 0.2) is 0 Å². The summed E-state index contributed by atoms with van der Waals surface area (Å²) in [5.41, 5.74) is -0.110. The molecule has 2 nitrogen and oxygen atoms in total. The maximum Gasteiger partial charge on any atom is 0.309 e. The maximum atomic E-state index is 11.5. The smallest absolute Gasteiger partial charge is 0.309 e. The van der Waals surface area contributed by atoms with Gasteiger partial charge in [0.25, 0.3) is 0 Å². The Morgan fingerprint density at radius 2 is 1.75 bits per heavy atom. The van der Waals surface area contributed by atoms with Crippen LogP contribution in [0.5, 0.6) is 0 Å². The fourth-order valence-electron chi connectivity index (χ4n) is 4.14. The average Bonchev–Trinajstić information content (AvgIpc) is 2.44. The van der Waals surface area contributed by atoms with Gasteiger partial charge in [0.05, 0.1) is 5.41 Å². The third kappa shape index (κ3) is 1.66. The molecule has 92 valence electrons. The highest BCUT2D eigenvalue weighted by Crippen LogP contribution is 2.58. The van der Waals surface area contributed by atoms with Crippen molar-refractivity contribution < 1.29 is 9.90 Å². The van der Waals surface area contributed by atoms with E-state index in [0.717, 1.165) is 19.3 Å². The molecule has 2 fully saturated rings. The third-order valence-electron chi connectivity index (χ3n) is 5.36. The SMILES string of the molecule is CC1(C)CCCC[C@@H]2[C@H]1CC[C@]2(C)C(=O)O. The second kappa shape index (κ2) is 3.75. The fraction of sp³-hybridized carbons (Fsp3) is 0.929. The molecule has 0 radical (unpaired) electrons. The van der Waals surface area contributed by atoms with Crippen LogP contribution in [-0.4, -0.2) is 11.1 Å². The summed E-state index contributed by atoms with van der Waals surface area (Å²) < 4.78 is 0. The van der Waals surface area contributed by atoms with Crippen molar-refractivity contribution in [3.63, 3.8) is 0 Å². The zero-order chi connectivity index (χ0) is 12.0. The quantitative estimate of drug-likeness (QED) is 0.737. The first-order valence-electron chi connectivity index (χ1n) is 6.61. The van der Waals surface area contributed by atoms with E-state index in [9.17, 15) is 9.90 Å². The van der Waals surface area contributed by atoms with Crippen LogP contribution < -0.4 is 0 Å². The second-order valence-electron chi connectivity index (χ2n) is 6.71. The van der Waals surface area contributed by atoms with Gasteiger partial charge in [0.2, 0.25) is 0 Å². The van der Waals surface area contributed by atoms with Gasteiger partial charge in [0.1, 0.15) is 0 Å². The summed E-state index contributed by atoms with van der Waals surface area (Å²) in [5.74, 6) is 0.455. The minimum absolute atomic E-state index is 0.342. The first-order chi connectivity index (χ1) is 7.38. The zero-order valence-electron chi connectivity index (χ0n) is 10.8. The Bertz CT molecular complexity index is 295. The third-order valence-corrected chi connectivity index (χ3v) is 5.36. The van der Waals surface area contributed by atoms with Crippen LogP contribution in [0.1, 0.15) is 59.3 Å². The van der Waals surface area contributed by atoms with Crippen LogP contribution >= 0.6 is 0 Å². The summed E-state index contributed by atoms with van der Waals surface area (Å²) in [7, 11) is 0. The van der Waals surface area contributed by atoms with Crippen LogP contribution in [0.25, 0.3) is 0 Å². The Morgan fingerprint density at radius 3 is 2.38 bits per heavy atom. The first-order valence-corrected chi connectivity index (χ1v) is 6.61. The lowest BCUT2D eigenvalue weighted by Gasteiger charge is -2.37. The molecule has 0 aromatic rings. The molecule has 0 heterocycles. The molecule has 0 bridgehead atoms. The lowest BCUT2D eigenvalue weighted by Crippen LogP contribution is -2.36. The van der Waals surface area contributed by atoms with Crippen LogP contribution in [0.3, 0.4) is 0 Å². The molecule has 0 aromatic heterocycles. The number of carbonyl (C=O) groups is 1. The van der Waals surface area contributed by atoms with Gasteiger partial charge in [-0.2, -0.15) is 0 Å². The van der Waals surface area contributed by atoms with Crippen molar-refractivity contribution in [2.45, 2.75) is 59.3 Å². The highest BCUT2D eigenvalue weighted by atomic mass is 16.4. The molecular formula is C14H24O2. The Labute approximate surface area is 98.4 Å².